The molecule has 0 aliphatic carbocycles. The van der Waals surface area contributed by atoms with Gasteiger partial charge in [-0.1, -0.05) is 44.2 Å². The summed E-state index contributed by atoms with van der Waals surface area (Å²) in [5.74, 6) is -0.658. The van der Waals surface area contributed by atoms with E-state index in [0.29, 0.717) is 31.7 Å². The molecule has 1 heterocycles. The number of sulfone groups is 1. The third-order valence-electron chi connectivity index (χ3n) is 6.08. The fraction of sp³-hybridized carbons (Fsp3) is 0.692. The van der Waals surface area contributed by atoms with Crippen LogP contribution in [0, 0.1) is 11.8 Å². The van der Waals surface area contributed by atoms with Gasteiger partial charge in [-0.3, -0.25) is 4.79 Å². The predicted octanol–water partition coefficient (Wildman–Crippen LogP) is 2.76. The van der Waals surface area contributed by atoms with Crippen LogP contribution < -0.4 is 10.6 Å². The first-order chi connectivity index (χ1) is 16.3. The lowest BCUT2D eigenvalue weighted by Gasteiger charge is -2.33. The van der Waals surface area contributed by atoms with E-state index in [4.69, 9.17) is 0 Å². The number of benzene rings is 1. The number of aliphatic hydroxyl groups excluding tert-OH is 1. The second kappa shape index (κ2) is 12.7. The van der Waals surface area contributed by atoms with Crippen molar-refractivity contribution in [3.05, 3.63) is 35.9 Å². The van der Waals surface area contributed by atoms with Gasteiger partial charge in [0.05, 0.1) is 36.1 Å². The molecule has 1 fully saturated rings. The largest absolute Gasteiger partial charge is 0.389 e. The molecule has 0 unspecified atom stereocenters. The third kappa shape index (κ3) is 10.6. The number of hydrogen-bond donors (Lipinski definition) is 3. The number of aliphatic hydroxyl groups is 1. The zero-order valence-electron chi connectivity index (χ0n) is 21.8. The molecule has 3 atom stereocenters. The maximum atomic E-state index is 13.0. The number of amides is 3. The number of urea groups is 1. The van der Waals surface area contributed by atoms with E-state index in [0.717, 1.165) is 12.0 Å². The molecule has 3 amide bonds. The van der Waals surface area contributed by atoms with Gasteiger partial charge in [0, 0.05) is 12.1 Å². The van der Waals surface area contributed by atoms with Gasteiger partial charge in [0.25, 0.3) is 0 Å². The van der Waals surface area contributed by atoms with E-state index in [9.17, 15) is 23.1 Å². The van der Waals surface area contributed by atoms with Crippen molar-refractivity contribution in [3.63, 3.8) is 0 Å². The van der Waals surface area contributed by atoms with Crippen LogP contribution in [0.3, 0.4) is 0 Å². The van der Waals surface area contributed by atoms with Gasteiger partial charge < -0.3 is 20.6 Å². The van der Waals surface area contributed by atoms with Gasteiger partial charge >= 0.3 is 6.03 Å². The van der Waals surface area contributed by atoms with Crippen LogP contribution in [0.2, 0.25) is 0 Å². The Hall–Kier alpha value is -2.13. The van der Waals surface area contributed by atoms with E-state index in [1.807, 2.05) is 51.1 Å². The van der Waals surface area contributed by atoms with Gasteiger partial charge in [-0.15, -0.1) is 0 Å². The minimum atomic E-state index is -3.24. The zero-order chi connectivity index (χ0) is 26.2. The summed E-state index contributed by atoms with van der Waals surface area (Å²) in [6, 6.07) is 8.57. The molecule has 1 aliphatic heterocycles. The van der Waals surface area contributed by atoms with E-state index >= 15 is 0 Å². The Morgan fingerprint density at radius 2 is 1.83 bits per heavy atom. The SMILES string of the molecule is CC(C)CCN(C[C@@H](O)[C@H](Cc1ccccc1)NC(=O)[C@@H]1CCCS(=O)(=O)C1)C(=O)NC(C)(C)C. The fourth-order valence-corrected chi connectivity index (χ4v) is 5.83. The van der Waals surface area contributed by atoms with E-state index in [2.05, 4.69) is 24.5 Å². The molecule has 35 heavy (non-hydrogen) atoms. The van der Waals surface area contributed by atoms with Crippen LogP contribution >= 0.6 is 0 Å². The van der Waals surface area contributed by atoms with Crippen LogP contribution in [0.4, 0.5) is 4.79 Å². The van der Waals surface area contributed by atoms with E-state index in [1.165, 1.54) is 0 Å². The maximum absolute atomic E-state index is 13.0. The van der Waals surface area contributed by atoms with Crippen molar-refractivity contribution in [2.45, 2.75) is 78.0 Å². The highest BCUT2D eigenvalue weighted by atomic mass is 32.2. The standard InChI is InChI=1S/C26H43N3O5S/c1-19(2)13-14-29(25(32)28-26(3,4)5)17-23(30)22(16-20-10-7-6-8-11-20)27-24(31)21-12-9-15-35(33,34)18-21/h6-8,10-11,19,21-23,30H,9,12-18H2,1-5H3,(H,27,31)(H,28,32)/t21-,22+,23-/m1/s1. The summed E-state index contributed by atoms with van der Waals surface area (Å²) in [5.41, 5.74) is 0.503. The molecule has 1 aromatic rings. The van der Waals surface area contributed by atoms with Crippen LogP contribution in [0.25, 0.3) is 0 Å². The Kier molecular flexibility index (Phi) is 10.6. The molecule has 3 N–H and O–H groups in total. The Balaban J connectivity index is 2.20. The normalized spacial score (nSPS) is 19.6. The van der Waals surface area contributed by atoms with E-state index in [1.54, 1.807) is 4.90 Å². The number of nitrogens with zero attached hydrogens (tertiary/aromatic N) is 1. The van der Waals surface area contributed by atoms with Crippen LogP contribution in [0.15, 0.2) is 30.3 Å². The highest BCUT2D eigenvalue weighted by Crippen LogP contribution is 2.19. The summed E-state index contributed by atoms with van der Waals surface area (Å²) in [5, 5.41) is 17.1. The number of rotatable bonds is 10. The molecule has 0 aromatic heterocycles. The smallest absolute Gasteiger partial charge is 0.317 e. The summed E-state index contributed by atoms with van der Waals surface area (Å²) in [6.45, 7) is 10.4. The number of nitrogens with one attached hydrogen (secondary N) is 2. The second-order valence-corrected chi connectivity index (χ2v) is 13.4. The third-order valence-corrected chi connectivity index (χ3v) is 7.90. The molecular weight excluding hydrogens is 466 g/mol. The first kappa shape index (κ1) is 29.1. The van der Waals surface area contributed by atoms with Crippen LogP contribution in [0.5, 0.6) is 0 Å². The molecular formula is C26H43N3O5S. The van der Waals surface area contributed by atoms with Gasteiger partial charge in [-0.2, -0.15) is 0 Å². The Bertz CT molecular complexity index is 928. The molecule has 0 spiro atoms. The summed E-state index contributed by atoms with van der Waals surface area (Å²) in [6.07, 6.45) is 1.08. The molecule has 1 aromatic carbocycles. The van der Waals surface area contributed by atoms with Gasteiger partial charge in [-0.05, 0) is 57.9 Å². The van der Waals surface area contributed by atoms with Gasteiger partial charge in [-0.25, -0.2) is 13.2 Å². The van der Waals surface area contributed by atoms with Crippen molar-refractivity contribution in [1.82, 2.24) is 15.5 Å². The average Bonchev–Trinajstić information content (AvgIpc) is 2.74. The summed E-state index contributed by atoms with van der Waals surface area (Å²) >= 11 is 0. The highest BCUT2D eigenvalue weighted by Gasteiger charge is 2.33. The molecule has 0 radical (unpaired) electrons. The van der Waals surface area contributed by atoms with Crippen LogP contribution in [-0.4, -0.2) is 72.6 Å². The molecule has 0 bridgehead atoms. The topological polar surface area (TPSA) is 116 Å². The quantitative estimate of drug-likeness (QED) is 0.449. The van der Waals surface area contributed by atoms with E-state index in [-0.39, 0.29) is 30.0 Å². The first-order valence-electron chi connectivity index (χ1n) is 12.6. The Labute approximate surface area is 210 Å². The van der Waals surface area contributed by atoms with Crippen molar-refractivity contribution in [1.29, 1.82) is 0 Å². The monoisotopic (exact) mass is 509 g/mol. The van der Waals surface area contributed by atoms with Gasteiger partial charge in [0.2, 0.25) is 5.91 Å². The maximum Gasteiger partial charge on any atom is 0.317 e. The number of carbonyl (C=O) groups is 2. The van der Waals surface area contributed by atoms with Crippen molar-refractivity contribution >= 4 is 21.8 Å². The number of hydrogen-bond acceptors (Lipinski definition) is 5. The zero-order valence-corrected chi connectivity index (χ0v) is 22.6. The highest BCUT2D eigenvalue weighted by molar-refractivity contribution is 7.91. The first-order valence-corrected chi connectivity index (χ1v) is 14.4. The lowest BCUT2D eigenvalue weighted by molar-refractivity contribution is -0.126. The second-order valence-electron chi connectivity index (χ2n) is 11.1. The molecule has 2 rings (SSSR count). The van der Waals surface area contributed by atoms with Crippen molar-refractivity contribution in [2.24, 2.45) is 11.8 Å². The van der Waals surface area contributed by atoms with Crippen molar-refractivity contribution in [3.8, 4) is 0 Å². The van der Waals surface area contributed by atoms with Gasteiger partial charge in [0.15, 0.2) is 9.84 Å². The van der Waals surface area contributed by atoms with Crippen LogP contribution in [0.1, 0.15) is 59.4 Å². The summed E-state index contributed by atoms with van der Waals surface area (Å²) in [7, 11) is -3.24. The Morgan fingerprint density at radius 1 is 1.17 bits per heavy atom. The molecule has 9 heteroatoms. The molecule has 198 valence electrons. The number of carbonyl (C=O) groups excluding carboxylic acids is 2. The molecule has 8 nitrogen and oxygen atoms in total. The lowest BCUT2D eigenvalue weighted by atomic mass is 9.98. The predicted molar refractivity (Wildman–Crippen MR) is 139 cm³/mol. The minimum absolute atomic E-state index is 0.0510. The molecule has 1 aliphatic rings. The molecule has 1 saturated heterocycles. The lowest BCUT2D eigenvalue weighted by Crippen LogP contribution is -2.55. The minimum Gasteiger partial charge on any atom is -0.389 e. The Morgan fingerprint density at radius 3 is 2.40 bits per heavy atom. The van der Waals surface area contributed by atoms with Crippen molar-refractivity contribution < 1.29 is 23.1 Å². The van der Waals surface area contributed by atoms with Gasteiger partial charge in [0.1, 0.15) is 0 Å². The van der Waals surface area contributed by atoms with E-state index < -0.39 is 33.4 Å². The average molecular weight is 510 g/mol. The van der Waals surface area contributed by atoms with Crippen molar-refractivity contribution in [2.75, 3.05) is 24.6 Å². The molecule has 0 saturated carbocycles. The summed E-state index contributed by atoms with van der Waals surface area (Å²) in [4.78, 5) is 27.6. The fourth-order valence-electron chi connectivity index (χ4n) is 4.12. The van der Waals surface area contributed by atoms with Crippen LogP contribution in [-0.2, 0) is 21.1 Å². The summed E-state index contributed by atoms with van der Waals surface area (Å²) < 4.78 is 24.1.